The molecular formula is C22H23ClN6OS. The molecule has 0 bridgehead atoms. The molecule has 1 aliphatic heterocycles. The number of benzene rings is 1. The molecule has 160 valence electrons. The highest BCUT2D eigenvalue weighted by Crippen LogP contribution is 2.35. The minimum Gasteiger partial charge on any atom is -0.378 e. The zero-order chi connectivity index (χ0) is 21.6. The number of ether oxygens (including phenoxy) is 1. The highest BCUT2D eigenvalue weighted by atomic mass is 35.5. The van der Waals surface area contributed by atoms with E-state index in [0.717, 1.165) is 40.7 Å². The van der Waals surface area contributed by atoms with Gasteiger partial charge in [-0.05, 0) is 42.7 Å². The quantitative estimate of drug-likeness (QED) is 0.391. The van der Waals surface area contributed by atoms with Crippen LogP contribution in [-0.4, -0.2) is 47.5 Å². The summed E-state index contributed by atoms with van der Waals surface area (Å²) in [5, 5.41) is 6.88. The standard InChI is InChI=1S/C22H23ClN6OS/c1-15(26-18-4-3-9-24-14-18)25-17-7-5-16(6-8-17)21-27-20(23)19(31-2)22(28-21)29-10-12-30-13-11-29/h3-9,14,25-26H,1,10-13H2,2H3. The van der Waals surface area contributed by atoms with Crippen LogP contribution in [-0.2, 0) is 4.74 Å². The number of pyridine rings is 1. The van der Waals surface area contributed by atoms with E-state index < -0.39 is 0 Å². The molecule has 7 nitrogen and oxygen atoms in total. The van der Waals surface area contributed by atoms with Crippen molar-refractivity contribution in [3.63, 3.8) is 0 Å². The molecule has 2 aromatic heterocycles. The molecule has 3 heterocycles. The first kappa shape index (κ1) is 21.4. The van der Waals surface area contributed by atoms with Crippen molar-refractivity contribution in [2.45, 2.75) is 4.90 Å². The maximum atomic E-state index is 6.51. The summed E-state index contributed by atoms with van der Waals surface area (Å²) in [5.74, 6) is 2.11. The minimum atomic E-state index is 0.468. The van der Waals surface area contributed by atoms with E-state index >= 15 is 0 Å². The number of rotatable bonds is 7. The Morgan fingerprint density at radius 3 is 2.52 bits per heavy atom. The maximum Gasteiger partial charge on any atom is 0.163 e. The van der Waals surface area contributed by atoms with Crippen LogP contribution in [0.25, 0.3) is 11.4 Å². The second-order valence-electron chi connectivity index (χ2n) is 6.84. The molecule has 31 heavy (non-hydrogen) atoms. The number of thioether (sulfide) groups is 1. The second kappa shape index (κ2) is 10.00. The lowest BCUT2D eigenvalue weighted by Crippen LogP contribution is -2.37. The van der Waals surface area contributed by atoms with E-state index in [9.17, 15) is 0 Å². The zero-order valence-electron chi connectivity index (χ0n) is 17.1. The van der Waals surface area contributed by atoms with Gasteiger partial charge in [-0.15, -0.1) is 11.8 Å². The Bertz CT molecular complexity index is 1040. The van der Waals surface area contributed by atoms with Crippen molar-refractivity contribution < 1.29 is 4.74 Å². The smallest absolute Gasteiger partial charge is 0.163 e. The van der Waals surface area contributed by atoms with E-state index in [1.165, 1.54) is 0 Å². The number of nitrogens with one attached hydrogen (secondary N) is 2. The summed E-state index contributed by atoms with van der Waals surface area (Å²) in [4.78, 5) is 16.6. The van der Waals surface area contributed by atoms with Gasteiger partial charge in [-0.1, -0.05) is 18.2 Å². The molecule has 1 aromatic carbocycles. The van der Waals surface area contributed by atoms with Gasteiger partial charge < -0.3 is 20.3 Å². The van der Waals surface area contributed by atoms with Crippen LogP contribution >= 0.6 is 23.4 Å². The van der Waals surface area contributed by atoms with E-state index in [1.807, 2.05) is 42.7 Å². The number of halogens is 1. The van der Waals surface area contributed by atoms with Crippen molar-refractivity contribution in [3.8, 4) is 11.4 Å². The summed E-state index contributed by atoms with van der Waals surface area (Å²) in [7, 11) is 0. The Balaban J connectivity index is 1.52. The first-order chi connectivity index (χ1) is 15.1. The second-order valence-corrected chi connectivity index (χ2v) is 8.02. The lowest BCUT2D eigenvalue weighted by Gasteiger charge is -2.29. The first-order valence-corrected chi connectivity index (χ1v) is 11.4. The Hall–Kier alpha value is -2.81. The van der Waals surface area contributed by atoms with Crippen LogP contribution in [0.4, 0.5) is 17.2 Å². The topological polar surface area (TPSA) is 75.2 Å². The van der Waals surface area contributed by atoms with E-state index in [4.69, 9.17) is 21.3 Å². The summed E-state index contributed by atoms with van der Waals surface area (Å²) in [6, 6.07) is 11.6. The molecule has 0 radical (unpaired) electrons. The normalized spacial score (nSPS) is 13.7. The number of hydrogen-bond donors (Lipinski definition) is 2. The van der Waals surface area contributed by atoms with Gasteiger partial charge in [0.2, 0.25) is 0 Å². The summed E-state index contributed by atoms with van der Waals surface area (Å²) < 4.78 is 5.47. The fourth-order valence-electron chi connectivity index (χ4n) is 3.23. The highest BCUT2D eigenvalue weighted by molar-refractivity contribution is 7.98. The number of morpholine rings is 1. The lowest BCUT2D eigenvalue weighted by molar-refractivity contribution is 0.122. The molecular weight excluding hydrogens is 432 g/mol. The molecule has 4 rings (SSSR count). The summed E-state index contributed by atoms with van der Waals surface area (Å²) in [6.07, 6.45) is 5.45. The number of aromatic nitrogens is 3. The van der Waals surface area contributed by atoms with Gasteiger partial charge in [0.25, 0.3) is 0 Å². The number of nitrogens with zero attached hydrogens (tertiary/aromatic N) is 4. The van der Waals surface area contributed by atoms with Gasteiger partial charge in [0.15, 0.2) is 5.82 Å². The Labute approximate surface area is 190 Å². The van der Waals surface area contributed by atoms with Crippen molar-refractivity contribution in [3.05, 3.63) is 66.3 Å². The van der Waals surface area contributed by atoms with E-state index in [-0.39, 0.29) is 0 Å². The molecule has 9 heteroatoms. The molecule has 0 spiro atoms. The third-order valence-corrected chi connectivity index (χ3v) is 5.89. The molecule has 1 saturated heterocycles. The van der Waals surface area contributed by atoms with Crippen LogP contribution in [0.5, 0.6) is 0 Å². The van der Waals surface area contributed by atoms with Gasteiger partial charge >= 0.3 is 0 Å². The molecule has 0 aliphatic carbocycles. The van der Waals surface area contributed by atoms with Crippen LogP contribution < -0.4 is 15.5 Å². The van der Waals surface area contributed by atoms with E-state index in [1.54, 1.807) is 24.2 Å². The average molecular weight is 455 g/mol. The van der Waals surface area contributed by atoms with Crippen molar-refractivity contribution in [2.75, 3.05) is 48.1 Å². The third kappa shape index (κ3) is 5.28. The summed E-state index contributed by atoms with van der Waals surface area (Å²) in [6.45, 7) is 6.95. The Kier molecular flexibility index (Phi) is 6.91. The van der Waals surface area contributed by atoms with Crippen molar-refractivity contribution in [1.29, 1.82) is 0 Å². The lowest BCUT2D eigenvalue weighted by atomic mass is 10.2. The van der Waals surface area contributed by atoms with Crippen LogP contribution in [0.3, 0.4) is 0 Å². The molecule has 0 unspecified atom stereocenters. The van der Waals surface area contributed by atoms with Crippen LogP contribution in [0.1, 0.15) is 0 Å². The van der Waals surface area contributed by atoms with Crippen molar-refractivity contribution in [2.24, 2.45) is 0 Å². The van der Waals surface area contributed by atoms with Crippen LogP contribution in [0.15, 0.2) is 66.1 Å². The Morgan fingerprint density at radius 1 is 1.10 bits per heavy atom. The molecule has 0 saturated carbocycles. The molecule has 0 atom stereocenters. The van der Waals surface area contributed by atoms with Crippen molar-refractivity contribution >= 4 is 40.6 Å². The van der Waals surface area contributed by atoms with Crippen LogP contribution in [0, 0.1) is 0 Å². The zero-order valence-corrected chi connectivity index (χ0v) is 18.7. The molecule has 1 aliphatic rings. The first-order valence-electron chi connectivity index (χ1n) is 9.81. The van der Waals surface area contributed by atoms with Gasteiger partial charge in [0, 0.05) is 30.5 Å². The minimum absolute atomic E-state index is 0.468. The third-order valence-electron chi connectivity index (χ3n) is 4.72. The monoisotopic (exact) mass is 454 g/mol. The van der Waals surface area contributed by atoms with Gasteiger partial charge in [-0.3, -0.25) is 4.98 Å². The summed E-state index contributed by atoms with van der Waals surface area (Å²) in [5.41, 5.74) is 2.65. The fourth-order valence-corrected chi connectivity index (χ4v) is 4.19. The van der Waals surface area contributed by atoms with Gasteiger partial charge in [-0.25, -0.2) is 9.97 Å². The fraction of sp³-hybridized carbons (Fsp3) is 0.227. The van der Waals surface area contributed by atoms with E-state index in [2.05, 4.69) is 32.1 Å². The largest absolute Gasteiger partial charge is 0.378 e. The van der Waals surface area contributed by atoms with Gasteiger partial charge in [0.1, 0.15) is 16.8 Å². The van der Waals surface area contributed by atoms with Gasteiger partial charge in [-0.2, -0.15) is 0 Å². The number of anilines is 3. The van der Waals surface area contributed by atoms with Gasteiger partial charge in [0.05, 0.1) is 30.0 Å². The van der Waals surface area contributed by atoms with Crippen molar-refractivity contribution in [1.82, 2.24) is 15.0 Å². The molecule has 1 fully saturated rings. The SMILES string of the molecule is C=C(Nc1ccc(-c2nc(Cl)c(SC)c(N3CCOCC3)n2)cc1)Nc1cccnc1. The van der Waals surface area contributed by atoms with E-state index in [0.29, 0.717) is 30.0 Å². The molecule has 0 amide bonds. The predicted molar refractivity (Wildman–Crippen MR) is 128 cm³/mol. The number of hydrogen-bond acceptors (Lipinski definition) is 8. The highest BCUT2D eigenvalue weighted by Gasteiger charge is 2.21. The molecule has 3 aromatic rings. The predicted octanol–water partition coefficient (Wildman–Crippen LogP) is 4.75. The average Bonchev–Trinajstić information content (AvgIpc) is 2.80. The van der Waals surface area contributed by atoms with Crippen LogP contribution in [0.2, 0.25) is 5.15 Å². The molecule has 2 N–H and O–H groups in total. The summed E-state index contributed by atoms with van der Waals surface area (Å²) >= 11 is 8.07. The maximum absolute atomic E-state index is 6.51. The Morgan fingerprint density at radius 2 is 1.84 bits per heavy atom.